The summed E-state index contributed by atoms with van der Waals surface area (Å²) in [6.45, 7) is 7.60. The number of guanidine groups is 1. The average molecular weight is 415 g/mol. The first-order chi connectivity index (χ1) is 12.4. The number of hydrogen-bond acceptors (Lipinski definition) is 5. The van der Waals surface area contributed by atoms with Crippen LogP contribution in [0.2, 0.25) is 0 Å². The lowest BCUT2D eigenvalue weighted by molar-refractivity contribution is 0.584. The molecular weight excluding hydrogens is 388 g/mol. The molecule has 2 rings (SSSR count). The number of thiophene rings is 2. The molecule has 2 aromatic heterocycles. The smallest absolute Gasteiger partial charge is 0.250 e. The van der Waals surface area contributed by atoms with E-state index in [1.807, 2.05) is 6.92 Å². The summed E-state index contributed by atoms with van der Waals surface area (Å²) < 4.78 is 27.0. The van der Waals surface area contributed by atoms with Crippen LogP contribution in [0, 0.1) is 6.92 Å². The van der Waals surface area contributed by atoms with E-state index in [0.29, 0.717) is 16.7 Å². The second kappa shape index (κ2) is 10.1. The van der Waals surface area contributed by atoms with Crippen LogP contribution in [-0.2, 0) is 16.4 Å². The SMILES string of the molecule is CCNC(=NCCNS(=O)(=O)c1cccs1)NC(C)Cc1ccc(C)s1. The van der Waals surface area contributed by atoms with E-state index in [4.69, 9.17) is 0 Å². The van der Waals surface area contributed by atoms with Gasteiger partial charge in [0.15, 0.2) is 5.96 Å². The van der Waals surface area contributed by atoms with Crippen molar-refractivity contribution in [3.05, 3.63) is 39.4 Å². The number of sulfonamides is 1. The molecule has 6 nitrogen and oxygen atoms in total. The number of aryl methyl sites for hydroxylation is 1. The number of nitrogens with one attached hydrogen (secondary N) is 3. The molecule has 0 spiro atoms. The lowest BCUT2D eigenvalue weighted by Crippen LogP contribution is -2.43. The maximum Gasteiger partial charge on any atom is 0.250 e. The van der Waals surface area contributed by atoms with E-state index in [1.54, 1.807) is 28.8 Å². The molecule has 0 aliphatic heterocycles. The Labute approximate surface area is 163 Å². The van der Waals surface area contributed by atoms with Gasteiger partial charge in [0.05, 0.1) is 6.54 Å². The van der Waals surface area contributed by atoms with Gasteiger partial charge in [-0.3, -0.25) is 4.99 Å². The molecule has 26 heavy (non-hydrogen) atoms. The summed E-state index contributed by atoms with van der Waals surface area (Å²) in [7, 11) is -3.43. The summed E-state index contributed by atoms with van der Waals surface area (Å²) >= 11 is 3.01. The van der Waals surface area contributed by atoms with Crippen LogP contribution in [0.4, 0.5) is 0 Å². The lowest BCUT2D eigenvalue weighted by Gasteiger charge is -2.17. The molecule has 144 valence electrons. The van der Waals surface area contributed by atoms with Crippen molar-refractivity contribution in [3.8, 4) is 0 Å². The van der Waals surface area contributed by atoms with Crippen molar-refractivity contribution in [2.75, 3.05) is 19.6 Å². The van der Waals surface area contributed by atoms with Gasteiger partial charge >= 0.3 is 0 Å². The van der Waals surface area contributed by atoms with Crippen LogP contribution in [0.25, 0.3) is 0 Å². The van der Waals surface area contributed by atoms with Crippen molar-refractivity contribution in [3.63, 3.8) is 0 Å². The minimum absolute atomic E-state index is 0.230. The van der Waals surface area contributed by atoms with Crippen LogP contribution < -0.4 is 15.4 Å². The van der Waals surface area contributed by atoms with Crippen LogP contribution in [0.3, 0.4) is 0 Å². The Balaban J connectivity index is 1.83. The van der Waals surface area contributed by atoms with Crippen molar-refractivity contribution in [1.82, 2.24) is 15.4 Å². The molecule has 1 atom stereocenters. The van der Waals surface area contributed by atoms with Crippen molar-refractivity contribution in [1.29, 1.82) is 0 Å². The molecule has 0 aromatic carbocycles. The van der Waals surface area contributed by atoms with E-state index in [2.05, 4.69) is 46.3 Å². The second-order valence-electron chi connectivity index (χ2n) is 5.85. The molecule has 0 bridgehead atoms. The highest BCUT2D eigenvalue weighted by Gasteiger charge is 2.14. The Hall–Kier alpha value is -1.42. The first kappa shape index (κ1) is 20.9. The molecule has 3 N–H and O–H groups in total. The van der Waals surface area contributed by atoms with E-state index in [1.165, 1.54) is 21.1 Å². The molecule has 0 saturated heterocycles. The average Bonchev–Trinajstić information content (AvgIpc) is 3.24. The van der Waals surface area contributed by atoms with Gasteiger partial charge in [-0.05, 0) is 44.4 Å². The molecule has 1 unspecified atom stereocenters. The third-order valence-corrected chi connectivity index (χ3v) is 7.35. The van der Waals surface area contributed by atoms with Crippen molar-refractivity contribution >= 4 is 38.7 Å². The van der Waals surface area contributed by atoms with E-state index < -0.39 is 10.0 Å². The Morgan fingerprint density at radius 3 is 2.73 bits per heavy atom. The highest BCUT2D eigenvalue weighted by Crippen LogP contribution is 2.16. The number of aliphatic imine (C=N–C) groups is 1. The summed E-state index contributed by atoms with van der Waals surface area (Å²) in [5, 5.41) is 8.31. The molecule has 0 amide bonds. The fourth-order valence-corrected chi connectivity index (χ4v) is 5.41. The molecule has 9 heteroatoms. The fraction of sp³-hybridized carbons (Fsp3) is 0.471. The number of nitrogens with zero attached hydrogens (tertiary/aromatic N) is 1. The standard InChI is InChI=1S/C17H26N4O2S3/c1-4-18-17(21-13(2)12-15-8-7-14(3)25-15)19-9-10-20-26(22,23)16-6-5-11-24-16/h5-8,11,13,20H,4,9-10,12H2,1-3H3,(H2,18,19,21). The van der Waals surface area contributed by atoms with Crippen LogP contribution in [0.15, 0.2) is 38.8 Å². The third-order valence-electron chi connectivity index (χ3n) is 3.46. The van der Waals surface area contributed by atoms with Crippen molar-refractivity contribution in [2.45, 2.75) is 37.4 Å². The lowest BCUT2D eigenvalue weighted by atomic mass is 10.2. The van der Waals surface area contributed by atoms with Gasteiger partial charge in [0.25, 0.3) is 0 Å². The maximum atomic E-state index is 12.1. The Morgan fingerprint density at radius 2 is 2.12 bits per heavy atom. The third kappa shape index (κ3) is 6.71. The zero-order valence-corrected chi connectivity index (χ0v) is 17.7. The topological polar surface area (TPSA) is 82.6 Å². The summed E-state index contributed by atoms with van der Waals surface area (Å²) in [6.07, 6.45) is 0.925. The summed E-state index contributed by atoms with van der Waals surface area (Å²) in [5.41, 5.74) is 0. The predicted molar refractivity (Wildman–Crippen MR) is 111 cm³/mol. The molecular formula is C17H26N4O2S3. The monoisotopic (exact) mass is 414 g/mol. The van der Waals surface area contributed by atoms with E-state index in [9.17, 15) is 8.42 Å². The summed E-state index contributed by atoms with van der Waals surface area (Å²) in [4.78, 5) is 7.11. The molecule has 0 fully saturated rings. The largest absolute Gasteiger partial charge is 0.357 e. The van der Waals surface area contributed by atoms with Gasteiger partial charge in [-0.25, -0.2) is 13.1 Å². The van der Waals surface area contributed by atoms with Crippen LogP contribution >= 0.6 is 22.7 Å². The number of hydrogen-bond donors (Lipinski definition) is 3. The minimum Gasteiger partial charge on any atom is -0.357 e. The van der Waals surface area contributed by atoms with Crippen LogP contribution in [-0.4, -0.2) is 40.1 Å². The highest BCUT2D eigenvalue weighted by atomic mass is 32.2. The first-order valence-corrected chi connectivity index (χ1v) is 11.7. The summed E-state index contributed by atoms with van der Waals surface area (Å²) in [6, 6.07) is 7.83. The van der Waals surface area contributed by atoms with Gasteiger partial charge in [0.2, 0.25) is 10.0 Å². The quantitative estimate of drug-likeness (QED) is 0.335. The zero-order valence-electron chi connectivity index (χ0n) is 15.3. The Kier molecular flexibility index (Phi) is 8.08. The first-order valence-electron chi connectivity index (χ1n) is 8.54. The van der Waals surface area contributed by atoms with Crippen LogP contribution in [0.5, 0.6) is 0 Å². The molecule has 2 heterocycles. The van der Waals surface area contributed by atoms with Gasteiger partial charge in [0, 0.05) is 35.3 Å². The van der Waals surface area contributed by atoms with E-state index >= 15 is 0 Å². The molecule has 0 saturated carbocycles. The Bertz CT molecular complexity index is 798. The number of rotatable bonds is 9. The molecule has 0 radical (unpaired) electrons. The molecule has 0 aliphatic carbocycles. The molecule has 0 aliphatic rings. The van der Waals surface area contributed by atoms with Crippen molar-refractivity contribution in [2.24, 2.45) is 4.99 Å². The minimum atomic E-state index is -3.43. The second-order valence-corrected chi connectivity index (χ2v) is 10.2. The maximum absolute atomic E-state index is 12.1. The van der Waals surface area contributed by atoms with E-state index in [0.717, 1.165) is 13.0 Å². The van der Waals surface area contributed by atoms with E-state index in [-0.39, 0.29) is 12.6 Å². The normalized spacial score (nSPS) is 13.6. The van der Waals surface area contributed by atoms with Gasteiger partial charge in [-0.1, -0.05) is 6.07 Å². The van der Waals surface area contributed by atoms with Crippen molar-refractivity contribution < 1.29 is 8.42 Å². The van der Waals surface area contributed by atoms with Gasteiger partial charge < -0.3 is 10.6 Å². The van der Waals surface area contributed by atoms with Gasteiger partial charge in [-0.2, -0.15) is 0 Å². The summed E-state index contributed by atoms with van der Waals surface area (Å²) in [5.74, 6) is 0.698. The van der Waals surface area contributed by atoms with Crippen LogP contribution in [0.1, 0.15) is 23.6 Å². The highest BCUT2D eigenvalue weighted by molar-refractivity contribution is 7.91. The Morgan fingerprint density at radius 1 is 1.31 bits per heavy atom. The predicted octanol–water partition coefficient (Wildman–Crippen LogP) is 2.58. The zero-order chi connectivity index (χ0) is 19.0. The molecule has 2 aromatic rings. The van der Waals surface area contributed by atoms with Gasteiger partial charge in [-0.15, -0.1) is 22.7 Å². The van der Waals surface area contributed by atoms with Gasteiger partial charge in [0.1, 0.15) is 4.21 Å². The fourth-order valence-electron chi connectivity index (χ4n) is 2.34.